The topological polar surface area (TPSA) is 82.1 Å². The molecule has 0 radical (unpaired) electrons. The van der Waals surface area contributed by atoms with Crippen molar-refractivity contribution in [3.63, 3.8) is 0 Å². The summed E-state index contributed by atoms with van der Waals surface area (Å²) in [5.41, 5.74) is -1.79. The first-order chi connectivity index (χ1) is 9.66. The van der Waals surface area contributed by atoms with Crippen molar-refractivity contribution in [2.24, 2.45) is 0 Å². The van der Waals surface area contributed by atoms with Crippen LogP contribution in [0.4, 0.5) is 4.79 Å². The molecule has 0 bridgehead atoms. The summed E-state index contributed by atoms with van der Waals surface area (Å²) in [6, 6.07) is 0. The molecule has 1 fully saturated rings. The molecule has 1 atom stereocenters. The van der Waals surface area contributed by atoms with Gasteiger partial charge in [-0.1, -0.05) is 0 Å². The van der Waals surface area contributed by atoms with Crippen molar-refractivity contribution in [3.05, 3.63) is 0 Å². The average Bonchev–Trinajstić information content (AvgIpc) is 2.34. The van der Waals surface area contributed by atoms with Crippen molar-refractivity contribution in [2.75, 3.05) is 20.8 Å². The second kappa shape index (κ2) is 6.32. The number of esters is 2. The van der Waals surface area contributed by atoms with E-state index in [-0.39, 0.29) is 12.8 Å². The molecule has 1 unspecified atom stereocenters. The van der Waals surface area contributed by atoms with Crippen molar-refractivity contribution >= 4 is 18.0 Å². The average molecular weight is 301 g/mol. The zero-order valence-corrected chi connectivity index (χ0v) is 13.2. The van der Waals surface area contributed by atoms with E-state index in [1.807, 2.05) is 0 Å². The number of hydrogen-bond acceptors (Lipinski definition) is 6. The van der Waals surface area contributed by atoms with Gasteiger partial charge in [0.1, 0.15) is 11.1 Å². The van der Waals surface area contributed by atoms with Crippen molar-refractivity contribution in [2.45, 2.75) is 51.2 Å². The van der Waals surface area contributed by atoms with Crippen LogP contribution >= 0.6 is 0 Å². The zero-order chi connectivity index (χ0) is 16.3. The predicted molar refractivity (Wildman–Crippen MR) is 73.6 cm³/mol. The van der Waals surface area contributed by atoms with E-state index in [0.717, 1.165) is 0 Å². The lowest BCUT2D eigenvalue weighted by Gasteiger charge is -2.49. The highest BCUT2D eigenvalue weighted by Crippen LogP contribution is 2.37. The van der Waals surface area contributed by atoms with Crippen LogP contribution in [0.25, 0.3) is 0 Å². The molecule has 0 N–H and O–H groups in total. The molecule has 1 rings (SSSR count). The van der Waals surface area contributed by atoms with E-state index < -0.39 is 29.2 Å². The van der Waals surface area contributed by atoms with E-state index >= 15 is 0 Å². The first-order valence-corrected chi connectivity index (χ1v) is 6.82. The highest BCUT2D eigenvalue weighted by Gasteiger charge is 2.55. The van der Waals surface area contributed by atoms with E-state index in [4.69, 9.17) is 9.47 Å². The molecule has 7 nitrogen and oxygen atoms in total. The Morgan fingerprint density at radius 1 is 1.14 bits per heavy atom. The van der Waals surface area contributed by atoms with Crippen LogP contribution in [-0.2, 0) is 23.8 Å². The quantitative estimate of drug-likeness (QED) is 0.578. The summed E-state index contributed by atoms with van der Waals surface area (Å²) in [4.78, 5) is 36.9. The summed E-state index contributed by atoms with van der Waals surface area (Å²) in [6.45, 7) is 5.64. The molecule has 0 aromatic carbocycles. The number of likely N-dealkylation sites (tertiary alicyclic amines) is 1. The fraction of sp³-hybridized carbons (Fsp3) is 0.786. The Kier molecular flexibility index (Phi) is 5.20. The van der Waals surface area contributed by atoms with E-state index in [1.165, 1.54) is 19.1 Å². The minimum absolute atomic E-state index is 0.0326. The molecule has 120 valence electrons. The standard InChI is InChI=1S/C14H23NO6/c1-13(2,3)21-12(18)15-9-8-14(15,11(17)20-5)7-6-10(16)19-4/h6-9H2,1-5H3. The largest absolute Gasteiger partial charge is 0.469 e. The second-order valence-corrected chi connectivity index (χ2v) is 5.98. The van der Waals surface area contributed by atoms with Gasteiger partial charge in [0.25, 0.3) is 0 Å². The van der Waals surface area contributed by atoms with Crippen LogP contribution in [0.3, 0.4) is 0 Å². The molecule has 1 aliphatic rings. The number of carbonyl (C=O) groups excluding carboxylic acids is 3. The molecule has 1 amide bonds. The van der Waals surface area contributed by atoms with Crippen LogP contribution in [0.2, 0.25) is 0 Å². The molecule has 1 saturated heterocycles. The highest BCUT2D eigenvalue weighted by atomic mass is 16.6. The molecular weight excluding hydrogens is 278 g/mol. The normalized spacial score (nSPS) is 21.3. The molecule has 0 aliphatic carbocycles. The number of amides is 1. The van der Waals surface area contributed by atoms with Gasteiger partial charge in [0.05, 0.1) is 14.2 Å². The van der Waals surface area contributed by atoms with Crippen LogP contribution < -0.4 is 0 Å². The van der Waals surface area contributed by atoms with Gasteiger partial charge in [0, 0.05) is 13.0 Å². The molecule has 0 aromatic rings. The van der Waals surface area contributed by atoms with Gasteiger partial charge in [-0.3, -0.25) is 9.69 Å². The molecule has 21 heavy (non-hydrogen) atoms. The van der Waals surface area contributed by atoms with Crippen molar-refractivity contribution in [3.8, 4) is 0 Å². The molecule has 0 spiro atoms. The lowest BCUT2D eigenvalue weighted by Crippen LogP contribution is -2.67. The Hall–Kier alpha value is -1.79. The van der Waals surface area contributed by atoms with Crippen LogP contribution in [-0.4, -0.2) is 54.8 Å². The minimum atomic E-state index is -1.13. The lowest BCUT2D eigenvalue weighted by atomic mass is 9.80. The Balaban J connectivity index is 2.85. The molecule has 1 aliphatic heterocycles. The molecule has 7 heteroatoms. The van der Waals surface area contributed by atoms with Crippen molar-refractivity contribution in [1.29, 1.82) is 0 Å². The van der Waals surface area contributed by atoms with E-state index in [0.29, 0.717) is 13.0 Å². The SMILES string of the molecule is COC(=O)CCC1(C(=O)OC)CCN1C(=O)OC(C)(C)C. The van der Waals surface area contributed by atoms with Crippen LogP contribution in [0.5, 0.6) is 0 Å². The Labute approximate surface area is 124 Å². The van der Waals surface area contributed by atoms with E-state index in [9.17, 15) is 14.4 Å². The molecular formula is C14H23NO6. The lowest BCUT2D eigenvalue weighted by molar-refractivity contribution is -0.166. The predicted octanol–water partition coefficient (Wildman–Crippen LogP) is 1.49. The summed E-state index contributed by atoms with van der Waals surface area (Å²) in [7, 11) is 2.54. The summed E-state index contributed by atoms with van der Waals surface area (Å²) < 4.78 is 14.7. The number of methoxy groups -OCH3 is 2. The third-order valence-corrected chi connectivity index (χ3v) is 3.42. The number of carbonyl (C=O) groups is 3. The van der Waals surface area contributed by atoms with Gasteiger partial charge < -0.3 is 14.2 Å². The molecule has 1 heterocycles. The number of hydrogen-bond donors (Lipinski definition) is 0. The van der Waals surface area contributed by atoms with Gasteiger partial charge in [-0.25, -0.2) is 9.59 Å². The third-order valence-electron chi connectivity index (χ3n) is 3.42. The Morgan fingerprint density at radius 2 is 1.76 bits per heavy atom. The molecule has 0 saturated carbocycles. The number of rotatable bonds is 4. The van der Waals surface area contributed by atoms with Crippen molar-refractivity contribution in [1.82, 2.24) is 4.90 Å². The van der Waals surface area contributed by atoms with Crippen LogP contribution in [0.15, 0.2) is 0 Å². The highest BCUT2D eigenvalue weighted by molar-refractivity contribution is 5.88. The number of nitrogens with zero attached hydrogens (tertiary/aromatic N) is 1. The third kappa shape index (κ3) is 3.86. The van der Waals surface area contributed by atoms with Crippen molar-refractivity contribution < 1.29 is 28.6 Å². The first-order valence-electron chi connectivity index (χ1n) is 6.82. The summed E-state index contributed by atoms with van der Waals surface area (Å²) in [5.74, 6) is -0.974. The van der Waals surface area contributed by atoms with Gasteiger partial charge in [0.15, 0.2) is 0 Å². The minimum Gasteiger partial charge on any atom is -0.469 e. The zero-order valence-electron chi connectivity index (χ0n) is 13.2. The van der Waals surface area contributed by atoms with Crippen LogP contribution in [0, 0.1) is 0 Å². The van der Waals surface area contributed by atoms with E-state index in [1.54, 1.807) is 20.8 Å². The van der Waals surface area contributed by atoms with Crippen LogP contribution in [0.1, 0.15) is 40.0 Å². The fourth-order valence-electron chi connectivity index (χ4n) is 2.25. The second-order valence-electron chi connectivity index (χ2n) is 5.98. The van der Waals surface area contributed by atoms with Gasteiger partial charge in [-0.15, -0.1) is 0 Å². The maximum atomic E-state index is 12.2. The van der Waals surface area contributed by atoms with Gasteiger partial charge in [-0.2, -0.15) is 0 Å². The fourth-order valence-corrected chi connectivity index (χ4v) is 2.25. The maximum absolute atomic E-state index is 12.2. The monoisotopic (exact) mass is 301 g/mol. The smallest absolute Gasteiger partial charge is 0.411 e. The van der Waals surface area contributed by atoms with E-state index in [2.05, 4.69) is 4.74 Å². The Morgan fingerprint density at radius 3 is 2.14 bits per heavy atom. The summed E-state index contributed by atoms with van der Waals surface area (Å²) in [5, 5.41) is 0. The number of ether oxygens (including phenoxy) is 3. The summed E-state index contributed by atoms with van der Waals surface area (Å²) >= 11 is 0. The van der Waals surface area contributed by atoms with Gasteiger partial charge >= 0.3 is 18.0 Å². The van der Waals surface area contributed by atoms with Gasteiger partial charge in [0.2, 0.25) is 0 Å². The summed E-state index contributed by atoms with van der Waals surface area (Å²) in [6.07, 6.45) is 0.0517. The first kappa shape index (κ1) is 17.3. The van der Waals surface area contributed by atoms with Gasteiger partial charge in [-0.05, 0) is 33.6 Å². The maximum Gasteiger partial charge on any atom is 0.411 e. The Bertz CT molecular complexity index is 428. The molecule has 0 aromatic heterocycles.